The molecule has 0 aliphatic rings. The van der Waals surface area contributed by atoms with Gasteiger partial charge >= 0.3 is 0 Å². The fourth-order valence-electron chi connectivity index (χ4n) is 0. The van der Waals surface area contributed by atoms with Crippen LogP contribution in [-0.2, 0) is 18.6 Å². The van der Waals surface area contributed by atoms with E-state index in [1.165, 1.54) is 0 Å². The number of hydrogen-bond donors (Lipinski definition) is 0. The quantitative estimate of drug-likeness (QED) is 0.511. The standard InChI is InChI=1S/3HI.V/h3*1H;. The van der Waals surface area contributed by atoms with Crippen molar-refractivity contribution in [1.29, 1.82) is 0 Å². The molecule has 0 amide bonds. The van der Waals surface area contributed by atoms with Crippen LogP contribution in [-0.4, -0.2) is 0 Å². The second-order valence-corrected chi connectivity index (χ2v) is 0. The molecule has 0 aromatic heterocycles. The van der Waals surface area contributed by atoms with E-state index in [0.29, 0.717) is 0 Å². The summed E-state index contributed by atoms with van der Waals surface area (Å²) >= 11 is 0. The maximum atomic E-state index is 0. The molecule has 0 saturated carbocycles. The summed E-state index contributed by atoms with van der Waals surface area (Å²) in [6.07, 6.45) is 0. The molecular weight excluding hydrogens is 432 g/mol. The molecule has 0 spiro atoms. The summed E-state index contributed by atoms with van der Waals surface area (Å²) in [5, 5.41) is 0. The van der Waals surface area contributed by atoms with Crippen LogP contribution < -0.4 is 0 Å². The van der Waals surface area contributed by atoms with Gasteiger partial charge in [0.2, 0.25) is 0 Å². The molecule has 0 fully saturated rings. The van der Waals surface area contributed by atoms with Gasteiger partial charge in [-0.15, -0.1) is 71.9 Å². The van der Waals surface area contributed by atoms with Gasteiger partial charge in [-0.3, -0.25) is 0 Å². The topological polar surface area (TPSA) is 0 Å². The van der Waals surface area contributed by atoms with E-state index >= 15 is 0 Å². The van der Waals surface area contributed by atoms with Gasteiger partial charge in [0.25, 0.3) is 0 Å². The Balaban J connectivity index is 0. The van der Waals surface area contributed by atoms with Gasteiger partial charge in [0.1, 0.15) is 0 Å². The van der Waals surface area contributed by atoms with Crippen LogP contribution in [0.25, 0.3) is 0 Å². The van der Waals surface area contributed by atoms with Crippen molar-refractivity contribution in [1.82, 2.24) is 0 Å². The smallest absolute Gasteiger partial charge is 0 e. The Morgan fingerprint density at radius 3 is 0.500 bits per heavy atom. The van der Waals surface area contributed by atoms with E-state index < -0.39 is 0 Å². The molecule has 0 aromatic rings. The molecule has 4 heteroatoms. The van der Waals surface area contributed by atoms with Crippen molar-refractivity contribution >= 4 is 71.9 Å². The SMILES string of the molecule is I.I.I.[V]. The summed E-state index contributed by atoms with van der Waals surface area (Å²) in [5.74, 6) is 0. The van der Waals surface area contributed by atoms with Crippen LogP contribution >= 0.6 is 71.9 Å². The van der Waals surface area contributed by atoms with Gasteiger partial charge in [-0.1, -0.05) is 0 Å². The maximum Gasteiger partial charge on any atom is 0 e. The Hall–Kier alpha value is 2.77. The molecule has 0 unspecified atom stereocenters. The molecule has 0 atom stereocenters. The minimum Gasteiger partial charge on any atom is -0.107 e. The molecule has 0 aliphatic heterocycles. The van der Waals surface area contributed by atoms with Crippen LogP contribution in [0.1, 0.15) is 0 Å². The normalized spacial score (nSPS) is 0. The van der Waals surface area contributed by atoms with Crippen LogP contribution in [0.15, 0.2) is 0 Å². The second kappa shape index (κ2) is 17.1. The molecule has 0 aromatic carbocycles. The molecule has 0 rings (SSSR count). The van der Waals surface area contributed by atoms with Crippen molar-refractivity contribution in [2.75, 3.05) is 0 Å². The zero-order valence-electron chi connectivity index (χ0n) is 1.67. The zero-order chi connectivity index (χ0) is 0. The van der Waals surface area contributed by atoms with E-state index in [0.717, 1.165) is 0 Å². The van der Waals surface area contributed by atoms with Crippen LogP contribution in [0.5, 0.6) is 0 Å². The van der Waals surface area contributed by atoms with Gasteiger partial charge in [-0.05, 0) is 0 Å². The third kappa shape index (κ3) is 8.84. The summed E-state index contributed by atoms with van der Waals surface area (Å²) < 4.78 is 0. The van der Waals surface area contributed by atoms with E-state index in [1.54, 1.807) is 0 Å². The van der Waals surface area contributed by atoms with Crippen LogP contribution in [0.3, 0.4) is 0 Å². The van der Waals surface area contributed by atoms with E-state index in [-0.39, 0.29) is 90.5 Å². The first-order valence-electron chi connectivity index (χ1n) is 0. The molecule has 1 radical (unpaired) electrons. The summed E-state index contributed by atoms with van der Waals surface area (Å²) in [5.41, 5.74) is 0. The van der Waals surface area contributed by atoms with Crippen molar-refractivity contribution in [3.05, 3.63) is 0 Å². The van der Waals surface area contributed by atoms with Crippen molar-refractivity contribution in [3.63, 3.8) is 0 Å². The maximum absolute atomic E-state index is 0. The van der Waals surface area contributed by atoms with Gasteiger partial charge in [0.15, 0.2) is 0 Å². The predicted molar refractivity (Wildman–Crippen MR) is 46.2 cm³/mol. The molecule has 4 heavy (non-hydrogen) atoms. The predicted octanol–water partition coefficient (Wildman–Crippen LogP) is 1.85. The second-order valence-electron chi connectivity index (χ2n) is 0. The van der Waals surface area contributed by atoms with E-state index in [2.05, 4.69) is 0 Å². The fraction of sp³-hybridized carbons (Fsp3) is 0. The first-order chi connectivity index (χ1) is 0. The minimum atomic E-state index is 0. The van der Waals surface area contributed by atoms with Crippen LogP contribution in [0.2, 0.25) is 0 Å². The Bertz CT molecular complexity index is 3.25. The third-order valence-corrected chi connectivity index (χ3v) is 0. The number of hydrogen-bond acceptors (Lipinski definition) is 0. The van der Waals surface area contributed by atoms with E-state index in [1.807, 2.05) is 0 Å². The molecule has 0 nitrogen and oxygen atoms in total. The van der Waals surface area contributed by atoms with E-state index in [4.69, 9.17) is 0 Å². The Kier molecular flexibility index (Phi) is 125. The van der Waals surface area contributed by atoms with E-state index in [9.17, 15) is 0 Å². The summed E-state index contributed by atoms with van der Waals surface area (Å²) in [7, 11) is 0. The monoisotopic (exact) mass is 435 g/mol. The van der Waals surface area contributed by atoms with Gasteiger partial charge < -0.3 is 0 Å². The average molecular weight is 435 g/mol. The van der Waals surface area contributed by atoms with Gasteiger partial charge in [-0.2, -0.15) is 0 Å². The third-order valence-electron chi connectivity index (χ3n) is 0. The van der Waals surface area contributed by atoms with Crippen molar-refractivity contribution in [2.45, 2.75) is 0 Å². The number of rotatable bonds is 0. The van der Waals surface area contributed by atoms with Crippen LogP contribution in [0, 0.1) is 0 Å². The first-order valence-corrected chi connectivity index (χ1v) is 0. The Labute approximate surface area is 88.8 Å². The Morgan fingerprint density at radius 2 is 0.500 bits per heavy atom. The van der Waals surface area contributed by atoms with Gasteiger partial charge in [0, 0.05) is 18.6 Å². The molecule has 0 saturated heterocycles. The Morgan fingerprint density at radius 1 is 0.500 bits per heavy atom. The summed E-state index contributed by atoms with van der Waals surface area (Å²) in [6.45, 7) is 0. The van der Waals surface area contributed by atoms with Gasteiger partial charge in [0.05, 0.1) is 0 Å². The average Bonchev–Trinajstić information content (AvgIpc) is 0. The molecule has 0 heterocycles. The van der Waals surface area contributed by atoms with Crippen molar-refractivity contribution < 1.29 is 18.6 Å². The molecular formula is H3I3V. The number of halogens is 3. The zero-order valence-corrected chi connectivity index (χ0v) is 10.1. The largest absolute Gasteiger partial charge is 0.107 e. The van der Waals surface area contributed by atoms with Gasteiger partial charge in [-0.25, -0.2) is 0 Å². The molecule has 0 N–H and O–H groups in total. The molecule has 0 aliphatic carbocycles. The first kappa shape index (κ1) is 29.3. The van der Waals surface area contributed by atoms with Crippen LogP contribution in [0.4, 0.5) is 0 Å². The van der Waals surface area contributed by atoms with Crippen molar-refractivity contribution in [2.24, 2.45) is 0 Å². The molecule has 0 bridgehead atoms. The minimum absolute atomic E-state index is 0. The van der Waals surface area contributed by atoms with Crippen molar-refractivity contribution in [3.8, 4) is 0 Å². The fourth-order valence-corrected chi connectivity index (χ4v) is 0. The molecule has 29 valence electrons. The summed E-state index contributed by atoms with van der Waals surface area (Å²) in [4.78, 5) is 0. The summed E-state index contributed by atoms with van der Waals surface area (Å²) in [6, 6.07) is 0.